The minimum absolute atomic E-state index is 0.161. The van der Waals surface area contributed by atoms with Crippen LogP contribution in [0.1, 0.15) is 20.9 Å². The molecule has 1 fully saturated rings. The quantitative estimate of drug-likeness (QED) is 0.914. The molecule has 0 atom stereocenters. The normalized spacial score (nSPS) is 15.7. The highest BCUT2D eigenvalue weighted by molar-refractivity contribution is 7.10. The highest BCUT2D eigenvalue weighted by atomic mass is 32.1. The van der Waals surface area contributed by atoms with Gasteiger partial charge in [0.05, 0.1) is 0 Å². The van der Waals surface area contributed by atoms with E-state index in [9.17, 15) is 4.79 Å². The molecular formula is C15H17N3O2S. The van der Waals surface area contributed by atoms with Crippen LogP contribution in [0.15, 0.2) is 29.8 Å². The van der Waals surface area contributed by atoms with Gasteiger partial charge in [-0.25, -0.2) is 0 Å². The maximum Gasteiger partial charge on any atom is 0.267 e. The molecule has 6 heteroatoms. The summed E-state index contributed by atoms with van der Waals surface area (Å²) in [6.07, 6.45) is 1.70. The first kappa shape index (κ1) is 14.0. The predicted octanol–water partition coefficient (Wildman–Crippen LogP) is 1.81. The van der Waals surface area contributed by atoms with Crippen molar-refractivity contribution in [3.05, 3.63) is 45.9 Å². The van der Waals surface area contributed by atoms with Gasteiger partial charge in [-0.1, -0.05) is 0 Å². The largest absolute Gasteiger partial charge is 0.488 e. The molecule has 1 amide bonds. The first-order valence-electron chi connectivity index (χ1n) is 6.79. The van der Waals surface area contributed by atoms with Gasteiger partial charge in [-0.3, -0.25) is 14.7 Å². The number of nitrogens with two attached hydrogens (primary N) is 1. The second kappa shape index (κ2) is 5.83. The van der Waals surface area contributed by atoms with Crippen LogP contribution in [0.5, 0.6) is 5.75 Å². The molecule has 110 valence electrons. The third-order valence-electron chi connectivity index (χ3n) is 3.55. The molecule has 0 aliphatic carbocycles. The van der Waals surface area contributed by atoms with Crippen LogP contribution in [0.3, 0.4) is 0 Å². The summed E-state index contributed by atoms with van der Waals surface area (Å²) < 4.78 is 5.83. The van der Waals surface area contributed by atoms with Crippen molar-refractivity contribution in [1.82, 2.24) is 9.88 Å². The summed E-state index contributed by atoms with van der Waals surface area (Å²) in [6.45, 7) is 4.91. The Bertz CT molecular complexity index is 650. The van der Waals surface area contributed by atoms with E-state index in [2.05, 4.69) is 28.3 Å². The number of likely N-dealkylation sites (tertiary alicyclic amines) is 1. The number of aromatic nitrogens is 1. The fraction of sp³-hybridized carbons (Fsp3) is 0.333. The third-order valence-corrected chi connectivity index (χ3v) is 4.55. The fourth-order valence-corrected chi connectivity index (χ4v) is 3.25. The number of pyridine rings is 1. The molecule has 0 radical (unpaired) electrons. The average molecular weight is 303 g/mol. The lowest BCUT2D eigenvalue weighted by Gasteiger charge is -2.38. The van der Waals surface area contributed by atoms with E-state index in [1.165, 1.54) is 10.4 Å². The summed E-state index contributed by atoms with van der Waals surface area (Å²) in [5.74, 6) is 0.111. The van der Waals surface area contributed by atoms with Crippen LogP contribution in [-0.2, 0) is 6.54 Å². The molecule has 0 bridgehead atoms. The maximum absolute atomic E-state index is 11.1. The maximum atomic E-state index is 11.1. The molecular weight excluding hydrogens is 286 g/mol. The smallest absolute Gasteiger partial charge is 0.267 e. The van der Waals surface area contributed by atoms with Crippen LogP contribution in [0.25, 0.3) is 0 Å². The number of primary amides is 1. The Morgan fingerprint density at radius 3 is 3.00 bits per heavy atom. The molecule has 0 aromatic carbocycles. The number of carbonyl (C=O) groups is 1. The van der Waals surface area contributed by atoms with Crippen molar-refractivity contribution in [1.29, 1.82) is 0 Å². The van der Waals surface area contributed by atoms with Crippen molar-refractivity contribution in [3.8, 4) is 5.75 Å². The number of rotatable bonds is 5. The highest BCUT2D eigenvalue weighted by Crippen LogP contribution is 2.23. The second-order valence-electron chi connectivity index (χ2n) is 5.20. The van der Waals surface area contributed by atoms with Crippen LogP contribution >= 0.6 is 11.3 Å². The van der Waals surface area contributed by atoms with Crippen molar-refractivity contribution < 1.29 is 9.53 Å². The number of amides is 1. The molecule has 21 heavy (non-hydrogen) atoms. The van der Waals surface area contributed by atoms with Gasteiger partial charge >= 0.3 is 0 Å². The summed E-state index contributed by atoms with van der Waals surface area (Å²) in [4.78, 5) is 18.7. The van der Waals surface area contributed by atoms with Crippen molar-refractivity contribution in [2.24, 2.45) is 5.73 Å². The average Bonchev–Trinajstić information content (AvgIpc) is 2.82. The Hall–Kier alpha value is -1.92. The second-order valence-corrected chi connectivity index (χ2v) is 6.20. The summed E-state index contributed by atoms with van der Waals surface area (Å²) in [5, 5.41) is 2.13. The lowest BCUT2D eigenvalue weighted by atomic mass is 10.1. The summed E-state index contributed by atoms with van der Waals surface area (Å²) in [5.41, 5.74) is 6.79. The lowest BCUT2D eigenvalue weighted by molar-refractivity contribution is 0.0150. The van der Waals surface area contributed by atoms with Crippen molar-refractivity contribution in [2.75, 3.05) is 13.1 Å². The molecule has 2 aromatic heterocycles. The van der Waals surface area contributed by atoms with Gasteiger partial charge in [0.15, 0.2) is 0 Å². The van der Waals surface area contributed by atoms with E-state index in [0.29, 0.717) is 5.75 Å². The molecule has 5 nitrogen and oxygen atoms in total. The van der Waals surface area contributed by atoms with E-state index in [1.807, 2.05) is 0 Å². The number of hydrogen-bond acceptors (Lipinski definition) is 5. The minimum Gasteiger partial charge on any atom is -0.488 e. The lowest BCUT2D eigenvalue weighted by Crippen LogP contribution is -2.53. The van der Waals surface area contributed by atoms with Gasteiger partial charge in [0.1, 0.15) is 17.5 Å². The van der Waals surface area contributed by atoms with E-state index in [-0.39, 0.29) is 11.8 Å². The minimum atomic E-state index is -0.538. The predicted molar refractivity (Wildman–Crippen MR) is 81.5 cm³/mol. The van der Waals surface area contributed by atoms with Gasteiger partial charge in [0.25, 0.3) is 5.91 Å². The number of hydrogen-bond donors (Lipinski definition) is 1. The molecule has 1 aliphatic rings. The van der Waals surface area contributed by atoms with Crippen LogP contribution in [-0.4, -0.2) is 35.0 Å². The molecule has 0 unspecified atom stereocenters. The molecule has 3 rings (SSSR count). The van der Waals surface area contributed by atoms with Gasteiger partial charge < -0.3 is 10.5 Å². The molecule has 0 spiro atoms. The summed E-state index contributed by atoms with van der Waals surface area (Å²) in [7, 11) is 0. The molecule has 3 heterocycles. The fourth-order valence-electron chi connectivity index (χ4n) is 2.31. The molecule has 1 saturated heterocycles. The SMILES string of the molecule is Cc1ccsc1CN1CC(Oc2ccnc(C(N)=O)c2)C1. The van der Waals surface area contributed by atoms with E-state index < -0.39 is 5.91 Å². The molecule has 2 aromatic rings. The number of thiophene rings is 1. The molecule has 2 N–H and O–H groups in total. The van der Waals surface area contributed by atoms with Crippen LogP contribution in [0, 0.1) is 6.92 Å². The van der Waals surface area contributed by atoms with Gasteiger partial charge in [-0.15, -0.1) is 11.3 Å². The zero-order valence-electron chi connectivity index (χ0n) is 11.8. The zero-order chi connectivity index (χ0) is 14.8. The third kappa shape index (κ3) is 3.22. The van der Waals surface area contributed by atoms with Crippen molar-refractivity contribution in [3.63, 3.8) is 0 Å². The standard InChI is InChI=1S/C15H17N3O2S/c1-10-3-5-21-14(10)9-18-7-12(8-18)20-11-2-4-17-13(6-11)15(16)19/h2-6,12H,7-9H2,1H3,(H2,16,19). The monoisotopic (exact) mass is 303 g/mol. The van der Waals surface area contributed by atoms with Crippen LogP contribution < -0.4 is 10.5 Å². The molecule has 0 saturated carbocycles. The Morgan fingerprint density at radius 1 is 1.52 bits per heavy atom. The zero-order valence-corrected chi connectivity index (χ0v) is 12.6. The Morgan fingerprint density at radius 2 is 2.33 bits per heavy atom. The number of aryl methyl sites for hydroxylation is 1. The topological polar surface area (TPSA) is 68.4 Å². The first-order valence-corrected chi connectivity index (χ1v) is 7.67. The van der Waals surface area contributed by atoms with E-state index in [4.69, 9.17) is 10.5 Å². The van der Waals surface area contributed by atoms with Crippen molar-refractivity contribution >= 4 is 17.2 Å². The van der Waals surface area contributed by atoms with Crippen molar-refractivity contribution in [2.45, 2.75) is 19.6 Å². The van der Waals surface area contributed by atoms with E-state index >= 15 is 0 Å². The van der Waals surface area contributed by atoms with Gasteiger partial charge in [0.2, 0.25) is 0 Å². The van der Waals surface area contributed by atoms with Gasteiger partial charge in [0, 0.05) is 36.8 Å². The first-order chi connectivity index (χ1) is 10.1. The van der Waals surface area contributed by atoms with Crippen LogP contribution in [0.2, 0.25) is 0 Å². The number of carbonyl (C=O) groups excluding carboxylic acids is 1. The Balaban J connectivity index is 1.52. The Kier molecular flexibility index (Phi) is 3.90. The van der Waals surface area contributed by atoms with Crippen LogP contribution in [0.4, 0.5) is 0 Å². The summed E-state index contributed by atoms with van der Waals surface area (Å²) in [6, 6.07) is 5.49. The highest BCUT2D eigenvalue weighted by Gasteiger charge is 2.29. The number of nitrogens with zero attached hydrogens (tertiary/aromatic N) is 2. The molecule has 1 aliphatic heterocycles. The van der Waals surface area contributed by atoms with E-state index in [0.717, 1.165) is 19.6 Å². The van der Waals surface area contributed by atoms with Gasteiger partial charge in [-0.2, -0.15) is 0 Å². The summed E-state index contributed by atoms with van der Waals surface area (Å²) >= 11 is 1.80. The Labute approximate surface area is 127 Å². The van der Waals surface area contributed by atoms with E-state index in [1.54, 1.807) is 29.7 Å². The number of ether oxygens (including phenoxy) is 1. The van der Waals surface area contributed by atoms with Gasteiger partial charge in [-0.05, 0) is 30.0 Å².